The molecule has 0 aliphatic carbocycles. The zero-order valence-electron chi connectivity index (χ0n) is 9.31. The van der Waals surface area contributed by atoms with Gasteiger partial charge in [-0.2, -0.15) is 0 Å². The van der Waals surface area contributed by atoms with Gasteiger partial charge in [0.2, 0.25) is 5.91 Å². The minimum absolute atomic E-state index is 0.0313. The molecule has 0 bridgehead atoms. The number of hydrogen-bond acceptors (Lipinski definition) is 3. The molecule has 1 N–H and O–H groups in total. The number of rotatable bonds is 0. The SMILES string of the molecule is CC1CCCN2c3ncccc3NC(=O)C12. The van der Waals surface area contributed by atoms with Gasteiger partial charge in [0.1, 0.15) is 6.04 Å². The average Bonchev–Trinajstić information content (AvgIpc) is 2.29. The lowest BCUT2D eigenvalue weighted by Gasteiger charge is -2.43. The van der Waals surface area contributed by atoms with Crippen molar-refractivity contribution < 1.29 is 4.79 Å². The van der Waals surface area contributed by atoms with Gasteiger partial charge >= 0.3 is 0 Å². The highest BCUT2D eigenvalue weighted by Gasteiger charge is 2.39. The summed E-state index contributed by atoms with van der Waals surface area (Å²) in [4.78, 5) is 18.6. The molecule has 0 saturated carbocycles. The maximum atomic E-state index is 12.0. The van der Waals surface area contributed by atoms with Crippen molar-refractivity contribution in [1.29, 1.82) is 0 Å². The van der Waals surface area contributed by atoms with Crippen LogP contribution in [0.3, 0.4) is 0 Å². The van der Waals surface area contributed by atoms with Crippen LogP contribution in [0.25, 0.3) is 0 Å². The van der Waals surface area contributed by atoms with E-state index in [0.717, 1.165) is 30.9 Å². The Balaban J connectivity index is 2.06. The zero-order valence-corrected chi connectivity index (χ0v) is 9.31. The maximum Gasteiger partial charge on any atom is 0.247 e. The molecule has 0 aromatic carbocycles. The Kier molecular flexibility index (Phi) is 2.09. The molecular weight excluding hydrogens is 202 g/mol. The van der Waals surface area contributed by atoms with Crippen LogP contribution in [0.5, 0.6) is 0 Å². The molecule has 1 saturated heterocycles. The predicted molar refractivity (Wildman–Crippen MR) is 62.4 cm³/mol. The van der Waals surface area contributed by atoms with Crippen molar-refractivity contribution in [2.75, 3.05) is 16.8 Å². The molecular formula is C12H15N3O. The van der Waals surface area contributed by atoms with Gasteiger partial charge in [-0.15, -0.1) is 0 Å². The van der Waals surface area contributed by atoms with Gasteiger partial charge in [0.25, 0.3) is 0 Å². The quantitative estimate of drug-likeness (QED) is 0.718. The molecule has 1 aromatic heterocycles. The zero-order chi connectivity index (χ0) is 11.1. The highest BCUT2D eigenvalue weighted by atomic mass is 16.2. The highest BCUT2D eigenvalue weighted by molar-refractivity contribution is 6.03. The van der Waals surface area contributed by atoms with Crippen LogP contribution in [0.4, 0.5) is 11.5 Å². The lowest BCUT2D eigenvalue weighted by atomic mass is 9.89. The first-order chi connectivity index (χ1) is 7.77. The van der Waals surface area contributed by atoms with E-state index in [1.807, 2.05) is 12.1 Å². The molecule has 4 nitrogen and oxygen atoms in total. The van der Waals surface area contributed by atoms with E-state index in [1.165, 1.54) is 0 Å². The Hall–Kier alpha value is -1.58. The van der Waals surface area contributed by atoms with Gasteiger partial charge in [-0.05, 0) is 30.9 Å². The molecule has 2 atom stereocenters. The summed E-state index contributed by atoms with van der Waals surface area (Å²) in [5.41, 5.74) is 0.845. The van der Waals surface area contributed by atoms with Crippen LogP contribution < -0.4 is 10.2 Å². The van der Waals surface area contributed by atoms with Crippen molar-refractivity contribution in [3.63, 3.8) is 0 Å². The fourth-order valence-electron chi connectivity index (χ4n) is 2.76. The van der Waals surface area contributed by atoms with E-state index < -0.39 is 0 Å². The van der Waals surface area contributed by atoms with Crippen LogP contribution in [0.1, 0.15) is 19.8 Å². The second kappa shape index (κ2) is 3.47. The number of nitrogens with zero attached hydrogens (tertiary/aromatic N) is 2. The standard InChI is InChI=1S/C12H15N3O/c1-8-4-3-7-15-10(8)12(16)14-9-5-2-6-13-11(9)15/h2,5-6,8,10H,3-4,7H2,1H3,(H,14,16). The van der Waals surface area contributed by atoms with E-state index in [9.17, 15) is 4.79 Å². The lowest BCUT2D eigenvalue weighted by molar-refractivity contribution is -0.119. The Labute approximate surface area is 94.7 Å². The highest BCUT2D eigenvalue weighted by Crippen LogP contribution is 2.35. The van der Waals surface area contributed by atoms with Crippen LogP contribution in [0.15, 0.2) is 18.3 Å². The molecule has 1 fully saturated rings. The summed E-state index contributed by atoms with van der Waals surface area (Å²) < 4.78 is 0. The maximum absolute atomic E-state index is 12.0. The number of hydrogen-bond donors (Lipinski definition) is 1. The van der Waals surface area contributed by atoms with Crippen molar-refractivity contribution in [3.8, 4) is 0 Å². The van der Waals surface area contributed by atoms with Crippen LogP contribution in [-0.2, 0) is 4.79 Å². The summed E-state index contributed by atoms with van der Waals surface area (Å²) in [5, 5.41) is 2.95. The van der Waals surface area contributed by atoms with Crippen molar-refractivity contribution in [3.05, 3.63) is 18.3 Å². The van der Waals surface area contributed by atoms with Gasteiger partial charge in [-0.1, -0.05) is 6.92 Å². The van der Waals surface area contributed by atoms with Gasteiger partial charge in [-0.25, -0.2) is 4.98 Å². The Morgan fingerprint density at radius 3 is 3.31 bits per heavy atom. The Bertz CT molecular complexity index is 432. The van der Waals surface area contributed by atoms with Gasteiger partial charge in [-0.3, -0.25) is 4.79 Å². The summed E-state index contributed by atoms with van der Waals surface area (Å²) in [6.07, 6.45) is 4.05. The molecule has 16 heavy (non-hydrogen) atoms. The average molecular weight is 217 g/mol. The number of carbonyl (C=O) groups is 1. The fraction of sp³-hybridized carbons (Fsp3) is 0.500. The fourth-order valence-corrected chi connectivity index (χ4v) is 2.76. The van der Waals surface area contributed by atoms with Crippen LogP contribution >= 0.6 is 0 Å². The number of fused-ring (bicyclic) bond motifs is 3. The number of piperidine rings is 1. The summed E-state index contributed by atoms with van der Waals surface area (Å²) in [6.45, 7) is 3.08. The van der Waals surface area contributed by atoms with Crippen LogP contribution in [-0.4, -0.2) is 23.5 Å². The monoisotopic (exact) mass is 217 g/mol. The number of carbonyl (C=O) groups excluding carboxylic acids is 1. The normalized spacial score (nSPS) is 28.1. The molecule has 4 heteroatoms. The topological polar surface area (TPSA) is 45.2 Å². The first-order valence-electron chi connectivity index (χ1n) is 5.80. The Morgan fingerprint density at radius 1 is 1.56 bits per heavy atom. The van der Waals surface area contributed by atoms with E-state index in [2.05, 4.69) is 22.1 Å². The number of aromatic nitrogens is 1. The Morgan fingerprint density at radius 2 is 2.44 bits per heavy atom. The predicted octanol–water partition coefficient (Wildman–Crippen LogP) is 1.64. The van der Waals surface area contributed by atoms with Crippen molar-refractivity contribution >= 4 is 17.4 Å². The third-order valence-corrected chi connectivity index (χ3v) is 3.52. The van der Waals surface area contributed by atoms with Crippen molar-refractivity contribution in [2.24, 2.45) is 5.92 Å². The minimum Gasteiger partial charge on any atom is -0.343 e. The molecule has 2 aliphatic rings. The number of nitrogens with one attached hydrogen (secondary N) is 1. The van der Waals surface area contributed by atoms with E-state index in [1.54, 1.807) is 6.20 Å². The van der Waals surface area contributed by atoms with Gasteiger partial charge in [0.15, 0.2) is 5.82 Å². The molecule has 2 aliphatic heterocycles. The molecule has 1 aromatic rings. The number of pyridine rings is 1. The second-order valence-corrected chi connectivity index (χ2v) is 4.62. The molecule has 1 amide bonds. The summed E-state index contributed by atoms with van der Waals surface area (Å²) in [7, 11) is 0. The lowest BCUT2D eigenvalue weighted by Crippen LogP contribution is -2.54. The summed E-state index contributed by atoms with van der Waals surface area (Å²) >= 11 is 0. The summed E-state index contributed by atoms with van der Waals surface area (Å²) in [6, 6.07) is 3.74. The number of anilines is 2. The third-order valence-electron chi connectivity index (χ3n) is 3.52. The minimum atomic E-state index is -0.0313. The smallest absolute Gasteiger partial charge is 0.247 e. The van der Waals surface area contributed by atoms with E-state index in [0.29, 0.717) is 5.92 Å². The van der Waals surface area contributed by atoms with Crippen molar-refractivity contribution in [1.82, 2.24) is 4.98 Å². The first kappa shape index (κ1) is 9.63. The van der Waals surface area contributed by atoms with Crippen molar-refractivity contribution in [2.45, 2.75) is 25.8 Å². The van der Waals surface area contributed by atoms with Crippen LogP contribution in [0.2, 0.25) is 0 Å². The molecule has 0 spiro atoms. The third kappa shape index (κ3) is 1.29. The molecule has 84 valence electrons. The second-order valence-electron chi connectivity index (χ2n) is 4.62. The largest absolute Gasteiger partial charge is 0.343 e. The first-order valence-corrected chi connectivity index (χ1v) is 5.80. The molecule has 3 rings (SSSR count). The molecule has 0 radical (unpaired) electrons. The number of amides is 1. The van der Waals surface area contributed by atoms with Gasteiger partial charge in [0.05, 0.1) is 5.69 Å². The van der Waals surface area contributed by atoms with E-state index >= 15 is 0 Å². The van der Waals surface area contributed by atoms with E-state index in [-0.39, 0.29) is 11.9 Å². The van der Waals surface area contributed by atoms with Gasteiger partial charge in [0, 0.05) is 12.7 Å². The van der Waals surface area contributed by atoms with E-state index in [4.69, 9.17) is 0 Å². The van der Waals surface area contributed by atoms with Crippen LogP contribution in [0, 0.1) is 5.92 Å². The molecule has 3 heterocycles. The summed E-state index contributed by atoms with van der Waals surface area (Å²) in [5.74, 6) is 1.45. The molecule has 2 unspecified atom stereocenters. The van der Waals surface area contributed by atoms with Gasteiger partial charge < -0.3 is 10.2 Å².